The van der Waals surface area contributed by atoms with E-state index in [9.17, 15) is 13.2 Å². The van der Waals surface area contributed by atoms with Gasteiger partial charge in [0, 0.05) is 11.6 Å². The molecule has 0 aliphatic heterocycles. The first-order chi connectivity index (χ1) is 14.7. The fourth-order valence-electron chi connectivity index (χ4n) is 2.98. The van der Waals surface area contributed by atoms with Gasteiger partial charge >= 0.3 is 0 Å². The molecule has 0 heterocycles. The summed E-state index contributed by atoms with van der Waals surface area (Å²) in [6.45, 7) is 5.65. The molecule has 0 aromatic heterocycles. The lowest BCUT2D eigenvalue weighted by Crippen LogP contribution is -2.40. The van der Waals surface area contributed by atoms with Gasteiger partial charge in [0.2, 0.25) is 5.91 Å². The zero-order valence-corrected chi connectivity index (χ0v) is 19.3. The number of anilines is 1. The average molecular weight is 457 g/mol. The van der Waals surface area contributed by atoms with Crippen molar-refractivity contribution in [3.05, 3.63) is 94.0 Å². The van der Waals surface area contributed by atoms with Gasteiger partial charge in [-0.3, -0.25) is 9.10 Å². The number of benzene rings is 3. The highest BCUT2D eigenvalue weighted by molar-refractivity contribution is 7.92. The van der Waals surface area contributed by atoms with Gasteiger partial charge in [-0.25, -0.2) is 8.42 Å². The minimum Gasteiger partial charge on any atom is -0.350 e. The van der Waals surface area contributed by atoms with Crippen LogP contribution in [0.2, 0.25) is 5.02 Å². The Morgan fingerprint density at radius 3 is 2.06 bits per heavy atom. The maximum absolute atomic E-state index is 13.4. The quantitative estimate of drug-likeness (QED) is 0.556. The van der Waals surface area contributed by atoms with Crippen molar-refractivity contribution in [2.75, 3.05) is 10.8 Å². The Bertz CT molecular complexity index is 1170. The van der Waals surface area contributed by atoms with Crippen LogP contribution < -0.4 is 9.62 Å². The van der Waals surface area contributed by atoms with Crippen LogP contribution >= 0.6 is 11.6 Å². The van der Waals surface area contributed by atoms with E-state index >= 15 is 0 Å². The predicted octanol–water partition coefficient (Wildman–Crippen LogP) is 4.78. The van der Waals surface area contributed by atoms with Gasteiger partial charge in [0.25, 0.3) is 10.0 Å². The Hall–Kier alpha value is -2.83. The lowest BCUT2D eigenvalue weighted by Gasteiger charge is -2.24. The number of hydrogen-bond donors (Lipinski definition) is 1. The summed E-state index contributed by atoms with van der Waals surface area (Å²) in [4.78, 5) is 12.8. The highest BCUT2D eigenvalue weighted by Crippen LogP contribution is 2.28. The van der Waals surface area contributed by atoms with Gasteiger partial charge in [0.1, 0.15) is 6.54 Å². The molecule has 0 fully saturated rings. The molecule has 162 valence electrons. The average Bonchev–Trinajstić information content (AvgIpc) is 2.74. The molecule has 0 aliphatic rings. The van der Waals surface area contributed by atoms with Gasteiger partial charge in [0.05, 0.1) is 10.6 Å². The second-order valence-corrected chi connectivity index (χ2v) is 9.79. The van der Waals surface area contributed by atoms with Crippen molar-refractivity contribution in [1.29, 1.82) is 0 Å². The molecule has 0 saturated carbocycles. The number of hydrogen-bond acceptors (Lipinski definition) is 3. The number of sulfonamides is 1. The van der Waals surface area contributed by atoms with E-state index in [1.807, 2.05) is 45.0 Å². The van der Waals surface area contributed by atoms with E-state index in [1.165, 1.54) is 12.1 Å². The van der Waals surface area contributed by atoms with Crippen LogP contribution in [-0.4, -0.2) is 20.9 Å². The monoisotopic (exact) mass is 456 g/mol. The summed E-state index contributed by atoms with van der Waals surface area (Å²) in [6.07, 6.45) is 0. The number of halogens is 1. The fraction of sp³-hybridized carbons (Fsp3) is 0.208. The van der Waals surface area contributed by atoms with Crippen LogP contribution in [0.1, 0.15) is 22.3 Å². The van der Waals surface area contributed by atoms with Crippen molar-refractivity contribution in [3.63, 3.8) is 0 Å². The number of nitrogens with zero attached hydrogens (tertiary/aromatic N) is 1. The van der Waals surface area contributed by atoms with E-state index in [-0.39, 0.29) is 11.4 Å². The molecule has 1 amide bonds. The van der Waals surface area contributed by atoms with Crippen LogP contribution in [0.15, 0.2) is 71.6 Å². The first-order valence-electron chi connectivity index (χ1n) is 9.84. The standard InChI is InChI=1S/C24H25ClN2O3S/c1-17-4-9-20(10-5-17)15-26-24(28)16-27(21-11-8-19(3)23(25)14-21)31(29,30)22-12-6-18(2)7-13-22/h4-14H,15-16H2,1-3H3,(H,26,28). The first-order valence-corrected chi connectivity index (χ1v) is 11.7. The summed E-state index contributed by atoms with van der Waals surface area (Å²) >= 11 is 6.24. The van der Waals surface area contributed by atoms with Gasteiger partial charge in [0.15, 0.2) is 0 Å². The van der Waals surface area contributed by atoms with Crippen LogP contribution in [0.4, 0.5) is 5.69 Å². The molecule has 3 aromatic rings. The summed E-state index contributed by atoms with van der Waals surface area (Å²) in [7, 11) is -3.97. The molecule has 3 aromatic carbocycles. The number of aryl methyl sites for hydroxylation is 3. The number of carbonyl (C=O) groups excluding carboxylic acids is 1. The van der Waals surface area contributed by atoms with Gasteiger partial charge < -0.3 is 5.32 Å². The van der Waals surface area contributed by atoms with Crippen molar-refractivity contribution in [3.8, 4) is 0 Å². The predicted molar refractivity (Wildman–Crippen MR) is 125 cm³/mol. The molecule has 0 spiro atoms. The van der Waals surface area contributed by atoms with Crippen LogP contribution in [0.5, 0.6) is 0 Å². The van der Waals surface area contributed by atoms with E-state index < -0.39 is 15.9 Å². The van der Waals surface area contributed by atoms with E-state index in [0.717, 1.165) is 26.6 Å². The Balaban J connectivity index is 1.88. The van der Waals surface area contributed by atoms with Crippen molar-refractivity contribution >= 4 is 33.2 Å². The van der Waals surface area contributed by atoms with Crippen molar-refractivity contribution in [2.24, 2.45) is 0 Å². The van der Waals surface area contributed by atoms with Crippen LogP contribution in [-0.2, 0) is 21.4 Å². The van der Waals surface area contributed by atoms with Gasteiger partial charge in [-0.1, -0.05) is 65.2 Å². The highest BCUT2D eigenvalue weighted by atomic mass is 35.5. The smallest absolute Gasteiger partial charge is 0.264 e. The lowest BCUT2D eigenvalue weighted by atomic mass is 10.1. The fourth-order valence-corrected chi connectivity index (χ4v) is 4.57. The zero-order chi connectivity index (χ0) is 22.6. The first kappa shape index (κ1) is 22.8. The Labute approximate surface area is 188 Å². The van der Waals surface area contributed by atoms with Gasteiger partial charge in [-0.2, -0.15) is 0 Å². The summed E-state index contributed by atoms with van der Waals surface area (Å²) in [6, 6.07) is 19.3. The second-order valence-electron chi connectivity index (χ2n) is 7.52. The molecule has 31 heavy (non-hydrogen) atoms. The molecule has 1 N–H and O–H groups in total. The SMILES string of the molecule is Cc1ccc(CNC(=O)CN(c2ccc(C)c(Cl)c2)S(=O)(=O)c2ccc(C)cc2)cc1. The molecule has 0 bridgehead atoms. The van der Waals surface area contributed by atoms with Crippen molar-refractivity contribution in [1.82, 2.24) is 5.32 Å². The third kappa shape index (κ3) is 5.66. The van der Waals surface area contributed by atoms with Crippen LogP contribution in [0.3, 0.4) is 0 Å². The second kappa shape index (κ2) is 9.54. The molecule has 0 saturated heterocycles. The largest absolute Gasteiger partial charge is 0.350 e. The summed E-state index contributed by atoms with van der Waals surface area (Å²) in [5.41, 5.74) is 4.16. The number of carbonyl (C=O) groups is 1. The normalized spacial score (nSPS) is 11.2. The Morgan fingerprint density at radius 1 is 0.903 bits per heavy atom. The Kier molecular flexibility index (Phi) is 7.03. The summed E-state index contributed by atoms with van der Waals surface area (Å²) in [5, 5.41) is 3.23. The van der Waals surface area contributed by atoms with E-state index in [0.29, 0.717) is 17.3 Å². The summed E-state index contributed by atoms with van der Waals surface area (Å²) < 4.78 is 27.9. The molecular weight excluding hydrogens is 432 g/mol. The molecule has 0 aliphatic carbocycles. The number of amides is 1. The topological polar surface area (TPSA) is 66.5 Å². The van der Waals surface area contributed by atoms with Crippen LogP contribution in [0, 0.1) is 20.8 Å². The number of rotatable bonds is 7. The minimum atomic E-state index is -3.97. The number of nitrogens with one attached hydrogen (secondary N) is 1. The molecule has 5 nitrogen and oxygen atoms in total. The van der Waals surface area contributed by atoms with Gasteiger partial charge in [-0.15, -0.1) is 0 Å². The Morgan fingerprint density at radius 2 is 1.48 bits per heavy atom. The maximum atomic E-state index is 13.4. The third-order valence-corrected chi connectivity index (χ3v) is 7.15. The van der Waals surface area contributed by atoms with E-state index in [4.69, 9.17) is 11.6 Å². The van der Waals surface area contributed by atoms with Crippen LogP contribution in [0.25, 0.3) is 0 Å². The van der Waals surface area contributed by atoms with E-state index in [1.54, 1.807) is 30.3 Å². The maximum Gasteiger partial charge on any atom is 0.264 e. The molecule has 0 unspecified atom stereocenters. The van der Waals surface area contributed by atoms with E-state index in [2.05, 4.69) is 5.32 Å². The molecule has 0 atom stereocenters. The summed E-state index contributed by atoms with van der Waals surface area (Å²) in [5.74, 6) is -0.409. The molecule has 3 rings (SSSR count). The van der Waals surface area contributed by atoms with Gasteiger partial charge in [-0.05, 0) is 56.2 Å². The molecule has 7 heteroatoms. The van der Waals surface area contributed by atoms with Crippen molar-refractivity contribution < 1.29 is 13.2 Å². The molecular formula is C24H25ClN2O3S. The lowest BCUT2D eigenvalue weighted by molar-refractivity contribution is -0.119. The minimum absolute atomic E-state index is 0.112. The molecule has 0 radical (unpaired) electrons. The zero-order valence-electron chi connectivity index (χ0n) is 17.7. The third-order valence-electron chi connectivity index (χ3n) is 4.95. The van der Waals surface area contributed by atoms with Crippen molar-refractivity contribution in [2.45, 2.75) is 32.2 Å². The highest BCUT2D eigenvalue weighted by Gasteiger charge is 2.27.